The van der Waals surface area contributed by atoms with E-state index in [9.17, 15) is 14.0 Å². The van der Waals surface area contributed by atoms with Crippen LogP contribution in [0.3, 0.4) is 0 Å². The monoisotopic (exact) mass is 524 g/mol. The predicted molar refractivity (Wildman–Crippen MR) is 147 cm³/mol. The van der Waals surface area contributed by atoms with Crippen molar-refractivity contribution in [2.45, 2.75) is 13.0 Å². The maximum Gasteiger partial charge on any atom is 0.252 e. The zero-order valence-corrected chi connectivity index (χ0v) is 20.9. The van der Waals surface area contributed by atoms with Crippen LogP contribution < -0.4 is 21.7 Å². The Balaban J connectivity index is 1.40. The zero-order chi connectivity index (χ0) is 27.5. The van der Waals surface area contributed by atoms with Gasteiger partial charge in [-0.25, -0.2) is 19.3 Å². The maximum atomic E-state index is 13.6. The summed E-state index contributed by atoms with van der Waals surface area (Å²) in [5.41, 5.74) is 15.1. The molecule has 0 aliphatic rings. The maximum absolute atomic E-state index is 13.6. The van der Waals surface area contributed by atoms with Gasteiger partial charge in [0.1, 0.15) is 29.2 Å². The topological polar surface area (TPSA) is 156 Å². The first-order chi connectivity index (χ1) is 18.8. The molecule has 3 heterocycles. The number of hydrogen-bond acceptors (Lipinski definition) is 7. The second-order valence-corrected chi connectivity index (χ2v) is 8.91. The molecule has 0 saturated heterocycles. The van der Waals surface area contributed by atoms with Gasteiger partial charge in [-0.3, -0.25) is 9.59 Å². The Morgan fingerprint density at radius 2 is 1.87 bits per heavy atom. The quantitative estimate of drug-likeness (QED) is 0.242. The van der Waals surface area contributed by atoms with E-state index >= 15 is 0 Å². The first-order valence-corrected chi connectivity index (χ1v) is 12.0. The van der Waals surface area contributed by atoms with E-state index in [1.807, 2.05) is 6.07 Å². The van der Waals surface area contributed by atoms with Gasteiger partial charge in [0.25, 0.3) is 5.91 Å². The highest BCUT2D eigenvalue weighted by molar-refractivity contribution is 6.01. The summed E-state index contributed by atoms with van der Waals surface area (Å²) in [7, 11) is 0. The number of nitrogens with zero attached hydrogens (tertiary/aromatic N) is 4. The molecular formula is C28H25FN8O2. The van der Waals surface area contributed by atoms with Gasteiger partial charge in [-0.1, -0.05) is 6.07 Å². The molecule has 5 aromatic rings. The number of rotatable bonds is 8. The molecule has 3 aromatic heterocycles. The number of benzene rings is 2. The fourth-order valence-corrected chi connectivity index (χ4v) is 4.19. The SMILES string of the molecule is Cc1ncc(N)c(-c2cc3cc(C(=O)NC(CN(c4ccc(F)cc4)c4ccccn4)C(N)=O)ccc3[nH]2)n1. The predicted octanol–water partition coefficient (Wildman–Crippen LogP) is 3.47. The van der Waals surface area contributed by atoms with Crippen LogP contribution >= 0.6 is 0 Å². The molecule has 0 spiro atoms. The highest BCUT2D eigenvalue weighted by Crippen LogP contribution is 2.28. The Morgan fingerprint density at radius 3 is 2.59 bits per heavy atom. The number of nitrogens with one attached hydrogen (secondary N) is 2. The average Bonchev–Trinajstić information content (AvgIpc) is 3.36. The van der Waals surface area contributed by atoms with E-state index in [0.717, 1.165) is 10.9 Å². The molecule has 39 heavy (non-hydrogen) atoms. The number of halogens is 1. The molecule has 1 atom stereocenters. The Morgan fingerprint density at radius 1 is 1.08 bits per heavy atom. The summed E-state index contributed by atoms with van der Waals surface area (Å²) in [6.07, 6.45) is 3.15. The van der Waals surface area contributed by atoms with E-state index in [4.69, 9.17) is 11.5 Å². The third kappa shape index (κ3) is 5.52. The van der Waals surface area contributed by atoms with Crippen molar-refractivity contribution in [3.05, 3.63) is 96.3 Å². The van der Waals surface area contributed by atoms with Crippen molar-refractivity contribution < 1.29 is 14.0 Å². The van der Waals surface area contributed by atoms with Crippen LogP contribution in [0.4, 0.5) is 21.6 Å². The third-order valence-electron chi connectivity index (χ3n) is 6.15. The van der Waals surface area contributed by atoms with Gasteiger partial charge in [0.15, 0.2) is 0 Å². The lowest BCUT2D eigenvalue weighted by Crippen LogP contribution is -2.50. The number of carbonyl (C=O) groups excluding carboxylic acids is 2. The van der Waals surface area contributed by atoms with Crippen LogP contribution in [0.5, 0.6) is 0 Å². The molecule has 2 amide bonds. The minimum atomic E-state index is -1.08. The van der Waals surface area contributed by atoms with Crippen molar-refractivity contribution in [3.63, 3.8) is 0 Å². The molecule has 0 fully saturated rings. The standard InChI is InChI=1S/C28H25FN8O2/c1-16-33-14-21(30)26(34-16)23-13-18-12-17(5-10-22(18)35-23)28(39)36-24(27(31)38)15-37(25-4-2-3-11-32-25)20-8-6-19(29)7-9-20/h2-14,24,35H,15,30H2,1H3,(H2,31,38)(H,36,39). The van der Waals surface area contributed by atoms with Crippen molar-refractivity contribution >= 4 is 39.9 Å². The van der Waals surface area contributed by atoms with Crippen LogP contribution in [0.2, 0.25) is 0 Å². The van der Waals surface area contributed by atoms with Gasteiger partial charge in [-0.15, -0.1) is 0 Å². The summed E-state index contributed by atoms with van der Waals surface area (Å²) in [6.45, 7) is 1.75. The number of nitrogen functional groups attached to an aromatic ring is 1. The van der Waals surface area contributed by atoms with Crippen molar-refractivity contribution in [2.24, 2.45) is 5.73 Å². The zero-order valence-electron chi connectivity index (χ0n) is 20.9. The number of nitrogens with two attached hydrogens (primary N) is 2. The molecule has 196 valence electrons. The number of hydrogen-bond donors (Lipinski definition) is 4. The van der Waals surface area contributed by atoms with Gasteiger partial charge in [0.05, 0.1) is 24.1 Å². The van der Waals surface area contributed by atoms with E-state index in [2.05, 4.69) is 25.3 Å². The van der Waals surface area contributed by atoms with E-state index in [0.29, 0.717) is 40.0 Å². The van der Waals surface area contributed by atoms with Crippen LogP contribution in [0, 0.1) is 12.7 Å². The number of carbonyl (C=O) groups is 2. The second-order valence-electron chi connectivity index (χ2n) is 8.91. The van der Waals surface area contributed by atoms with Crippen molar-refractivity contribution in [1.82, 2.24) is 25.3 Å². The van der Waals surface area contributed by atoms with Crippen LogP contribution in [0.25, 0.3) is 22.3 Å². The van der Waals surface area contributed by atoms with Gasteiger partial charge >= 0.3 is 0 Å². The highest BCUT2D eigenvalue weighted by atomic mass is 19.1. The molecule has 0 radical (unpaired) electrons. The number of amides is 2. The lowest BCUT2D eigenvalue weighted by molar-refractivity contribution is -0.119. The Kier molecular flexibility index (Phi) is 6.87. The average molecular weight is 525 g/mol. The molecule has 2 aromatic carbocycles. The molecule has 0 bridgehead atoms. The van der Waals surface area contributed by atoms with E-state index in [1.165, 1.54) is 12.1 Å². The summed E-state index contributed by atoms with van der Waals surface area (Å²) in [5, 5.41) is 3.48. The molecule has 6 N–H and O–H groups in total. The summed E-state index contributed by atoms with van der Waals surface area (Å²) < 4.78 is 13.6. The van der Waals surface area contributed by atoms with E-state index in [1.54, 1.807) is 72.7 Å². The number of aromatic nitrogens is 4. The van der Waals surface area contributed by atoms with E-state index in [-0.39, 0.29) is 6.54 Å². The summed E-state index contributed by atoms with van der Waals surface area (Å²) in [4.78, 5) is 43.4. The number of aromatic amines is 1. The molecule has 1 unspecified atom stereocenters. The number of pyridine rings is 1. The van der Waals surface area contributed by atoms with Crippen molar-refractivity contribution in [3.8, 4) is 11.4 Å². The van der Waals surface area contributed by atoms with Crippen molar-refractivity contribution in [2.75, 3.05) is 17.2 Å². The number of aryl methyl sites for hydroxylation is 1. The van der Waals surface area contributed by atoms with Gasteiger partial charge in [0.2, 0.25) is 5.91 Å². The molecule has 5 rings (SSSR count). The van der Waals surface area contributed by atoms with E-state index < -0.39 is 23.7 Å². The Bertz CT molecular complexity index is 1650. The number of fused-ring (bicyclic) bond motifs is 1. The van der Waals surface area contributed by atoms with Gasteiger partial charge in [-0.2, -0.15) is 0 Å². The second kappa shape index (κ2) is 10.6. The fraction of sp³-hybridized carbons (Fsp3) is 0.107. The third-order valence-corrected chi connectivity index (χ3v) is 6.15. The van der Waals surface area contributed by atoms with Crippen molar-refractivity contribution in [1.29, 1.82) is 0 Å². The minimum absolute atomic E-state index is 0.0212. The lowest BCUT2D eigenvalue weighted by Gasteiger charge is -2.28. The molecule has 0 aliphatic carbocycles. The van der Waals surface area contributed by atoms with Crippen LogP contribution in [0.15, 0.2) is 79.1 Å². The Labute approximate surface area is 222 Å². The van der Waals surface area contributed by atoms with Crippen LogP contribution in [-0.4, -0.2) is 44.3 Å². The van der Waals surface area contributed by atoms with Gasteiger partial charge < -0.3 is 26.7 Å². The van der Waals surface area contributed by atoms with Gasteiger partial charge in [0, 0.05) is 28.4 Å². The normalized spacial score (nSPS) is 11.7. The molecule has 0 saturated carbocycles. The summed E-state index contributed by atoms with van der Waals surface area (Å²) in [6, 6.07) is 16.9. The smallest absolute Gasteiger partial charge is 0.252 e. The number of primary amides is 1. The molecule has 11 heteroatoms. The minimum Gasteiger partial charge on any atom is -0.396 e. The van der Waals surface area contributed by atoms with Crippen LogP contribution in [-0.2, 0) is 4.79 Å². The Hall–Kier alpha value is -5.32. The molecule has 0 aliphatic heterocycles. The highest BCUT2D eigenvalue weighted by Gasteiger charge is 2.24. The lowest BCUT2D eigenvalue weighted by atomic mass is 10.1. The van der Waals surface area contributed by atoms with Gasteiger partial charge in [-0.05, 0) is 67.6 Å². The fourth-order valence-electron chi connectivity index (χ4n) is 4.19. The molecular weight excluding hydrogens is 499 g/mol. The summed E-state index contributed by atoms with van der Waals surface area (Å²) in [5.74, 6) is -0.534. The largest absolute Gasteiger partial charge is 0.396 e. The number of H-pyrrole nitrogens is 1. The first-order valence-electron chi connectivity index (χ1n) is 12.0. The van der Waals surface area contributed by atoms with Crippen LogP contribution in [0.1, 0.15) is 16.2 Å². The summed E-state index contributed by atoms with van der Waals surface area (Å²) >= 11 is 0. The first kappa shape index (κ1) is 25.3. The number of anilines is 3. The molecule has 10 nitrogen and oxygen atoms in total.